The average Bonchev–Trinajstić information content (AvgIpc) is 2.55. The van der Waals surface area contributed by atoms with Gasteiger partial charge in [-0.15, -0.1) is 11.8 Å². The Hall–Kier alpha value is -1.00. The Balaban J connectivity index is 1.51. The zero-order valence-corrected chi connectivity index (χ0v) is 15.3. The fourth-order valence-corrected chi connectivity index (χ4v) is 3.83. The number of piperidine rings is 1. The van der Waals surface area contributed by atoms with E-state index in [0.717, 1.165) is 31.2 Å². The number of carbonyl (C=O) groups excluding carboxylic acids is 1. The number of nitrogens with one attached hydrogen (secondary N) is 1. The monoisotopic (exact) mass is 334 g/mol. The largest absolute Gasteiger partial charge is 0.355 e. The Morgan fingerprint density at radius 3 is 2.78 bits per heavy atom. The van der Waals surface area contributed by atoms with Crippen molar-refractivity contribution in [1.82, 2.24) is 10.2 Å². The molecule has 1 aromatic carbocycles. The fourth-order valence-electron chi connectivity index (χ4n) is 2.89. The molecule has 1 amide bonds. The van der Waals surface area contributed by atoms with Crippen LogP contribution >= 0.6 is 11.8 Å². The van der Waals surface area contributed by atoms with Crippen LogP contribution in [0.3, 0.4) is 0 Å². The van der Waals surface area contributed by atoms with E-state index in [4.69, 9.17) is 0 Å². The molecule has 1 fully saturated rings. The number of nitrogens with zero attached hydrogens (tertiary/aromatic N) is 1. The molecule has 23 heavy (non-hydrogen) atoms. The second-order valence-corrected chi connectivity index (χ2v) is 7.63. The van der Waals surface area contributed by atoms with Crippen molar-refractivity contribution in [3.63, 3.8) is 0 Å². The van der Waals surface area contributed by atoms with Crippen molar-refractivity contribution >= 4 is 17.7 Å². The fraction of sp³-hybridized carbons (Fsp3) is 0.632. The quantitative estimate of drug-likeness (QED) is 0.739. The summed E-state index contributed by atoms with van der Waals surface area (Å²) in [6.45, 7) is 8.82. The average molecular weight is 335 g/mol. The molecule has 0 unspecified atom stereocenters. The van der Waals surface area contributed by atoms with Crippen LogP contribution in [0, 0.1) is 12.8 Å². The lowest BCUT2D eigenvalue weighted by atomic mass is 9.99. The van der Waals surface area contributed by atoms with Crippen LogP contribution in [0.25, 0.3) is 0 Å². The van der Waals surface area contributed by atoms with Gasteiger partial charge in [-0.2, -0.15) is 0 Å². The Bertz CT molecular complexity index is 484. The standard InChI is InChI=1S/C19H30N2OS/c1-16-8-12-21(13-9-16)11-5-10-20-19(22)15-23-14-18-7-4-3-6-17(18)2/h3-4,6-7,16H,5,8-15H2,1-2H3,(H,20,22). The van der Waals surface area contributed by atoms with Gasteiger partial charge in [-0.25, -0.2) is 0 Å². The van der Waals surface area contributed by atoms with Crippen molar-refractivity contribution in [2.75, 3.05) is 31.9 Å². The lowest BCUT2D eigenvalue weighted by Gasteiger charge is -2.30. The van der Waals surface area contributed by atoms with Crippen molar-refractivity contribution in [1.29, 1.82) is 0 Å². The molecule has 2 rings (SSSR count). The van der Waals surface area contributed by atoms with Crippen LogP contribution in [-0.2, 0) is 10.5 Å². The molecule has 1 N–H and O–H groups in total. The zero-order chi connectivity index (χ0) is 16.5. The highest BCUT2D eigenvalue weighted by atomic mass is 32.2. The highest BCUT2D eigenvalue weighted by Gasteiger charge is 2.14. The minimum Gasteiger partial charge on any atom is -0.355 e. The zero-order valence-electron chi connectivity index (χ0n) is 14.5. The maximum atomic E-state index is 11.9. The second kappa shape index (κ2) is 9.99. The molecule has 0 bridgehead atoms. The van der Waals surface area contributed by atoms with Gasteiger partial charge in [-0.3, -0.25) is 4.79 Å². The van der Waals surface area contributed by atoms with E-state index in [2.05, 4.69) is 48.3 Å². The normalized spacial score (nSPS) is 16.4. The van der Waals surface area contributed by atoms with Crippen LogP contribution in [0.5, 0.6) is 0 Å². The van der Waals surface area contributed by atoms with E-state index < -0.39 is 0 Å². The molecule has 3 nitrogen and oxygen atoms in total. The summed E-state index contributed by atoms with van der Waals surface area (Å²) in [5.74, 6) is 2.51. The molecule has 4 heteroatoms. The number of carbonyl (C=O) groups is 1. The summed E-state index contributed by atoms with van der Waals surface area (Å²) in [7, 11) is 0. The van der Waals surface area contributed by atoms with Gasteiger partial charge in [0, 0.05) is 12.3 Å². The molecule has 0 aromatic heterocycles. The summed E-state index contributed by atoms with van der Waals surface area (Å²) in [5, 5.41) is 3.05. The highest BCUT2D eigenvalue weighted by molar-refractivity contribution is 7.99. The topological polar surface area (TPSA) is 32.3 Å². The van der Waals surface area contributed by atoms with Gasteiger partial charge in [-0.05, 0) is 62.9 Å². The number of hydrogen-bond acceptors (Lipinski definition) is 3. The Morgan fingerprint density at radius 1 is 1.30 bits per heavy atom. The summed E-state index contributed by atoms with van der Waals surface area (Å²) in [6, 6.07) is 8.38. The minimum atomic E-state index is 0.163. The van der Waals surface area contributed by atoms with Crippen molar-refractivity contribution in [2.45, 2.75) is 38.9 Å². The number of rotatable bonds is 8. The van der Waals surface area contributed by atoms with E-state index >= 15 is 0 Å². The van der Waals surface area contributed by atoms with Gasteiger partial charge in [0.1, 0.15) is 0 Å². The molecule has 1 saturated heterocycles. The predicted octanol–water partition coefficient (Wildman–Crippen LogP) is 3.47. The summed E-state index contributed by atoms with van der Waals surface area (Å²) < 4.78 is 0. The SMILES string of the molecule is Cc1ccccc1CSCC(=O)NCCCN1CCC(C)CC1. The number of likely N-dealkylation sites (tertiary alicyclic amines) is 1. The van der Waals surface area contributed by atoms with E-state index in [1.54, 1.807) is 11.8 Å². The summed E-state index contributed by atoms with van der Waals surface area (Å²) in [6.07, 6.45) is 3.70. The van der Waals surface area contributed by atoms with Crippen molar-refractivity contribution < 1.29 is 4.79 Å². The lowest BCUT2D eigenvalue weighted by Crippen LogP contribution is -2.35. The molecule has 1 heterocycles. The van der Waals surface area contributed by atoms with Crippen LogP contribution in [0.4, 0.5) is 0 Å². The molecule has 0 radical (unpaired) electrons. The van der Waals surface area contributed by atoms with Crippen LogP contribution in [0.1, 0.15) is 37.3 Å². The van der Waals surface area contributed by atoms with Crippen LogP contribution in [0.2, 0.25) is 0 Å². The van der Waals surface area contributed by atoms with Crippen molar-refractivity contribution in [2.24, 2.45) is 5.92 Å². The van der Waals surface area contributed by atoms with Crippen LogP contribution < -0.4 is 5.32 Å². The summed E-state index contributed by atoms with van der Waals surface area (Å²) >= 11 is 1.69. The molecule has 1 aliphatic heterocycles. The third kappa shape index (κ3) is 6.96. The van der Waals surface area contributed by atoms with Crippen LogP contribution in [-0.4, -0.2) is 42.7 Å². The molecule has 1 aliphatic rings. The number of amides is 1. The molecule has 128 valence electrons. The van der Waals surface area contributed by atoms with Crippen molar-refractivity contribution in [3.05, 3.63) is 35.4 Å². The van der Waals surface area contributed by atoms with Gasteiger partial charge < -0.3 is 10.2 Å². The van der Waals surface area contributed by atoms with E-state index in [9.17, 15) is 4.79 Å². The third-order valence-corrected chi connectivity index (χ3v) is 5.58. The Labute approximate surface area is 145 Å². The van der Waals surface area contributed by atoms with E-state index in [1.807, 2.05) is 0 Å². The molecule has 0 aliphatic carbocycles. The molecular formula is C19H30N2OS. The summed E-state index contributed by atoms with van der Waals surface area (Å²) in [4.78, 5) is 14.4. The van der Waals surface area contributed by atoms with E-state index in [1.165, 1.54) is 37.1 Å². The number of benzene rings is 1. The van der Waals surface area contributed by atoms with Gasteiger partial charge in [0.25, 0.3) is 0 Å². The smallest absolute Gasteiger partial charge is 0.230 e. The van der Waals surface area contributed by atoms with Gasteiger partial charge >= 0.3 is 0 Å². The first kappa shape index (κ1) is 18.3. The third-order valence-electron chi connectivity index (χ3n) is 4.60. The van der Waals surface area contributed by atoms with Gasteiger partial charge in [0.05, 0.1) is 5.75 Å². The Morgan fingerprint density at radius 2 is 2.04 bits per heavy atom. The molecule has 0 spiro atoms. The first-order valence-corrected chi connectivity index (χ1v) is 9.92. The molecule has 0 saturated carbocycles. The predicted molar refractivity (Wildman–Crippen MR) is 99.8 cm³/mol. The van der Waals surface area contributed by atoms with Gasteiger partial charge in [0.15, 0.2) is 0 Å². The molecular weight excluding hydrogens is 304 g/mol. The van der Waals surface area contributed by atoms with Crippen molar-refractivity contribution in [3.8, 4) is 0 Å². The minimum absolute atomic E-state index is 0.163. The number of aryl methyl sites for hydroxylation is 1. The first-order chi connectivity index (χ1) is 11.1. The summed E-state index contributed by atoms with van der Waals surface area (Å²) in [5.41, 5.74) is 2.63. The molecule has 1 aromatic rings. The van der Waals surface area contributed by atoms with Crippen LogP contribution in [0.15, 0.2) is 24.3 Å². The Kier molecular flexibility index (Phi) is 7.96. The maximum absolute atomic E-state index is 11.9. The van der Waals surface area contributed by atoms with E-state index in [-0.39, 0.29) is 5.91 Å². The lowest BCUT2D eigenvalue weighted by molar-refractivity contribution is -0.118. The number of hydrogen-bond donors (Lipinski definition) is 1. The second-order valence-electron chi connectivity index (χ2n) is 6.65. The molecule has 0 atom stereocenters. The van der Waals surface area contributed by atoms with Gasteiger partial charge in [-0.1, -0.05) is 31.2 Å². The first-order valence-electron chi connectivity index (χ1n) is 8.76. The maximum Gasteiger partial charge on any atom is 0.230 e. The number of thioether (sulfide) groups is 1. The van der Waals surface area contributed by atoms with Gasteiger partial charge in [0.2, 0.25) is 5.91 Å². The van der Waals surface area contributed by atoms with E-state index in [0.29, 0.717) is 5.75 Å². The highest BCUT2D eigenvalue weighted by Crippen LogP contribution is 2.16.